The maximum atomic E-state index is 12.6. The van der Waals surface area contributed by atoms with Gasteiger partial charge in [-0.25, -0.2) is 4.79 Å². The predicted molar refractivity (Wildman–Crippen MR) is 96.5 cm³/mol. The van der Waals surface area contributed by atoms with Crippen LogP contribution in [0.15, 0.2) is 30.3 Å². The zero-order chi connectivity index (χ0) is 20.5. The van der Waals surface area contributed by atoms with Crippen molar-refractivity contribution in [2.75, 3.05) is 26.7 Å². The Bertz CT molecular complexity index is 711. The van der Waals surface area contributed by atoms with E-state index in [2.05, 4.69) is 35.2 Å². The fraction of sp³-hybridized carbons (Fsp3) is 0.600. The number of piperidine rings is 1. The van der Waals surface area contributed by atoms with E-state index in [0.29, 0.717) is 5.91 Å². The van der Waals surface area contributed by atoms with Crippen LogP contribution < -0.4 is 0 Å². The van der Waals surface area contributed by atoms with Gasteiger partial charge in [0.25, 0.3) is 0 Å². The van der Waals surface area contributed by atoms with Crippen LogP contribution in [0, 0.1) is 11.3 Å². The molecule has 1 aromatic rings. The van der Waals surface area contributed by atoms with Crippen LogP contribution in [0.4, 0.5) is 13.2 Å². The van der Waals surface area contributed by atoms with Crippen molar-refractivity contribution in [3.8, 4) is 0 Å². The smallest absolute Gasteiger partial charge is 0.475 e. The minimum atomic E-state index is -5.08. The minimum absolute atomic E-state index is 0.115. The average Bonchev–Trinajstić information content (AvgIpc) is 3.47. The molecule has 5 nitrogen and oxygen atoms in total. The lowest BCUT2D eigenvalue weighted by Crippen LogP contribution is -2.64. The van der Waals surface area contributed by atoms with Crippen molar-refractivity contribution in [3.05, 3.63) is 35.9 Å². The zero-order valence-electron chi connectivity index (χ0n) is 15.8. The fourth-order valence-electron chi connectivity index (χ4n) is 4.36. The van der Waals surface area contributed by atoms with Crippen molar-refractivity contribution in [1.29, 1.82) is 0 Å². The molecule has 0 aromatic heterocycles. The number of alkyl halides is 3. The summed E-state index contributed by atoms with van der Waals surface area (Å²) in [6.07, 6.45) is -0.198. The summed E-state index contributed by atoms with van der Waals surface area (Å²) in [7, 11) is 1.96. The van der Waals surface area contributed by atoms with Gasteiger partial charge in [0, 0.05) is 13.6 Å². The van der Waals surface area contributed by atoms with Crippen LogP contribution in [0.1, 0.15) is 37.3 Å². The number of carbonyl (C=O) groups is 2. The van der Waals surface area contributed by atoms with Crippen molar-refractivity contribution in [3.63, 3.8) is 0 Å². The SMILES string of the molecule is CN1C(=O)C2(CCN(CC3CC3)CC2)C1c1ccccc1.O=C(O)C(F)(F)F. The molecule has 3 fully saturated rings. The van der Waals surface area contributed by atoms with Gasteiger partial charge in [0.05, 0.1) is 11.5 Å². The molecule has 1 atom stereocenters. The van der Waals surface area contributed by atoms with E-state index in [-0.39, 0.29) is 11.5 Å². The van der Waals surface area contributed by atoms with E-state index in [1.54, 1.807) is 0 Å². The summed E-state index contributed by atoms with van der Waals surface area (Å²) < 4.78 is 31.7. The van der Waals surface area contributed by atoms with Crippen LogP contribution in [0.5, 0.6) is 0 Å². The number of likely N-dealkylation sites (tertiary alicyclic amines) is 2. The van der Waals surface area contributed by atoms with Crippen molar-refractivity contribution in [2.45, 2.75) is 37.9 Å². The molecule has 1 unspecified atom stereocenters. The molecule has 1 aromatic carbocycles. The number of aliphatic carboxylic acids is 1. The summed E-state index contributed by atoms with van der Waals surface area (Å²) in [5.41, 5.74) is 1.19. The highest BCUT2D eigenvalue weighted by molar-refractivity contribution is 5.90. The number of carboxylic acids is 1. The van der Waals surface area contributed by atoms with E-state index >= 15 is 0 Å². The Balaban J connectivity index is 0.000000279. The quantitative estimate of drug-likeness (QED) is 0.794. The number of β-lactam (4-membered cyclic amide) rings is 1. The molecule has 3 aliphatic rings. The van der Waals surface area contributed by atoms with Crippen molar-refractivity contribution >= 4 is 11.9 Å². The molecule has 1 spiro atoms. The maximum absolute atomic E-state index is 12.6. The van der Waals surface area contributed by atoms with E-state index in [9.17, 15) is 18.0 Å². The van der Waals surface area contributed by atoms with E-state index in [0.717, 1.165) is 31.8 Å². The second-order valence-corrected chi connectivity index (χ2v) is 7.93. The summed E-state index contributed by atoms with van der Waals surface area (Å²) >= 11 is 0. The monoisotopic (exact) mass is 398 g/mol. The van der Waals surface area contributed by atoms with Crippen LogP contribution >= 0.6 is 0 Å². The predicted octanol–water partition coefficient (Wildman–Crippen LogP) is 3.33. The van der Waals surface area contributed by atoms with Gasteiger partial charge in [-0.1, -0.05) is 30.3 Å². The Morgan fingerprint density at radius 1 is 1.18 bits per heavy atom. The number of carboxylic acid groups (broad SMARTS) is 1. The Hall–Kier alpha value is -2.09. The summed E-state index contributed by atoms with van der Waals surface area (Å²) in [5, 5.41) is 7.12. The number of amides is 1. The van der Waals surface area contributed by atoms with Gasteiger partial charge in [-0.3, -0.25) is 4.79 Å². The van der Waals surface area contributed by atoms with Crippen molar-refractivity contribution in [2.24, 2.45) is 11.3 Å². The summed E-state index contributed by atoms with van der Waals surface area (Å²) in [6, 6.07) is 10.9. The second-order valence-electron chi connectivity index (χ2n) is 7.93. The third kappa shape index (κ3) is 4.16. The lowest BCUT2D eigenvalue weighted by atomic mass is 9.62. The fourth-order valence-corrected chi connectivity index (χ4v) is 4.36. The highest BCUT2D eigenvalue weighted by Gasteiger charge is 2.59. The number of nitrogens with zero attached hydrogens (tertiary/aromatic N) is 2. The normalized spacial score (nSPS) is 24.4. The first-order valence-corrected chi connectivity index (χ1v) is 9.50. The number of hydrogen-bond acceptors (Lipinski definition) is 3. The van der Waals surface area contributed by atoms with Gasteiger partial charge in [-0.2, -0.15) is 13.2 Å². The van der Waals surface area contributed by atoms with E-state index < -0.39 is 12.1 Å². The molecule has 0 radical (unpaired) electrons. The van der Waals surface area contributed by atoms with Gasteiger partial charge in [0.2, 0.25) is 5.91 Å². The van der Waals surface area contributed by atoms with Gasteiger partial charge in [0.1, 0.15) is 0 Å². The highest BCUT2D eigenvalue weighted by Crippen LogP contribution is 2.55. The van der Waals surface area contributed by atoms with Gasteiger partial charge < -0.3 is 14.9 Å². The van der Waals surface area contributed by atoms with Gasteiger partial charge in [-0.05, 0) is 50.3 Å². The first-order chi connectivity index (χ1) is 13.1. The Labute approximate surface area is 162 Å². The topological polar surface area (TPSA) is 60.9 Å². The lowest BCUT2D eigenvalue weighted by molar-refractivity contribution is -0.192. The number of hydrogen-bond donors (Lipinski definition) is 1. The number of benzene rings is 1. The summed E-state index contributed by atoms with van der Waals surface area (Å²) in [5.74, 6) is -1.45. The Morgan fingerprint density at radius 2 is 1.71 bits per heavy atom. The molecular formula is C20H25F3N2O3. The third-order valence-electron chi connectivity index (χ3n) is 5.98. The van der Waals surface area contributed by atoms with Crippen LogP contribution in [0.25, 0.3) is 0 Å². The maximum Gasteiger partial charge on any atom is 0.490 e. The van der Waals surface area contributed by atoms with Gasteiger partial charge >= 0.3 is 12.1 Å². The molecule has 8 heteroatoms. The van der Waals surface area contributed by atoms with Gasteiger partial charge in [0.15, 0.2) is 0 Å². The molecule has 1 N–H and O–H groups in total. The first-order valence-electron chi connectivity index (χ1n) is 9.50. The molecule has 28 heavy (non-hydrogen) atoms. The molecule has 1 aliphatic carbocycles. The zero-order valence-corrected chi connectivity index (χ0v) is 15.8. The van der Waals surface area contributed by atoms with Crippen LogP contribution in [-0.4, -0.2) is 59.6 Å². The molecule has 2 aliphatic heterocycles. The molecule has 1 saturated carbocycles. The highest BCUT2D eigenvalue weighted by atomic mass is 19.4. The molecule has 1 amide bonds. The van der Waals surface area contributed by atoms with Crippen LogP contribution in [0.2, 0.25) is 0 Å². The molecule has 2 heterocycles. The molecule has 0 bridgehead atoms. The van der Waals surface area contributed by atoms with Crippen molar-refractivity contribution in [1.82, 2.24) is 9.80 Å². The van der Waals surface area contributed by atoms with E-state index in [1.165, 1.54) is 24.9 Å². The van der Waals surface area contributed by atoms with Crippen LogP contribution in [0.3, 0.4) is 0 Å². The first kappa shape index (κ1) is 20.6. The third-order valence-corrected chi connectivity index (χ3v) is 5.98. The minimum Gasteiger partial charge on any atom is -0.475 e. The largest absolute Gasteiger partial charge is 0.490 e. The summed E-state index contributed by atoms with van der Waals surface area (Å²) in [4.78, 5) is 26.0. The Morgan fingerprint density at radius 3 is 2.18 bits per heavy atom. The number of carbonyl (C=O) groups excluding carboxylic acids is 1. The summed E-state index contributed by atoms with van der Waals surface area (Å²) in [6.45, 7) is 3.45. The molecule has 4 rings (SSSR count). The Kier molecular flexibility index (Phi) is 5.70. The standard InChI is InChI=1S/C18H24N2O.C2HF3O2/c1-19-16(15-5-3-2-4-6-15)18(17(19)21)9-11-20(12-10-18)13-14-7-8-14;3-2(4,5)1(6)7/h2-6,14,16H,7-13H2,1H3;(H,6,7). The van der Waals surface area contributed by atoms with E-state index in [4.69, 9.17) is 9.90 Å². The lowest BCUT2D eigenvalue weighted by Gasteiger charge is -2.58. The molecule has 154 valence electrons. The molecular weight excluding hydrogens is 373 g/mol. The second kappa shape index (κ2) is 7.73. The number of rotatable bonds is 3. The van der Waals surface area contributed by atoms with Gasteiger partial charge in [-0.15, -0.1) is 0 Å². The average molecular weight is 398 g/mol. The van der Waals surface area contributed by atoms with Crippen molar-refractivity contribution < 1.29 is 27.9 Å². The number of halogens is 3. The molecule has 2 saturated heterocycles. The van der Waals surface area contributed by atoms with E-state index in [1.807, 2.05) is 11.9 Å². The van der Waals surface area contributed by atoms with Crippen LogP contribution in [-0.2, 0) is 9.59 Å².